The second-order valence-electron chi connectivity index (χ2n) is 3.98. The topological polar surface area (TPSA) is 64.9 Å². The molecule has 1 heterocycles. The van der Waals surface area contributed by atoms with E-state index >= 15 is 0 Å². The second-order valence-corrected chi connectivity index (χ2v) is 3.98. The van der Waals surface area contributed by atoms with Crippen molar-refractivity contribution in [2.24, 2.45) is 0 Å². The third-order valence-electron chi connectivity index (χ3n) is 2.82. The predicted molar refractivity (Wildman–Crippen MR) is 67.0 cm³/mol. The molecule has 0 spiro atoms. The van der Waals surface area contributed by atoms with Crippen LogP contribution in [0.15, 0.2) is 36.4 Å². The zero-order chi connectivity index (χ0) is 12.4. The lowest BCUT2D eigenvalue weighted by molar-refractivity contribution is 0.626. The number of halogens is 1. The maximum atomic E-state index is 12.8. The maximum absolute atomic E-state index is 12.8. The molecule has 2 aromatic rings. The Balaban J connectivity index is 2.36. The second kappa shape index (κ2) is 4.41. The Labute approximate surface area is 99.3 Å². The van der Waals surface area contributed by atoms with Crippen LogP contribution in [-0.4, -0.2) is 4.98 Å². The first-order valence-electron chi connectivity index (χ1n) is 5.35. The lowest BCUT2D eigenvalue weighted by atomic mass is 9.93. The minimum atomic E-state index is -0.246. The summed E-state index contributed by atoms with van der Waals surface area (Å²) < 4.78 is 12.8. The summed E-state index contributed by atoms with van der Waals surface area (Å²) in [5, 5.41) is 0. The average Bonchev–Trinajstić information content (AvgIpc) is 2.29. The molecule has 0 saturated carbocycles. The van der Waals surface area contributed by atoms with Crippen molar-refractivity contribution < 1.29 is 4.39 Å². The number of anilines is 2. The summed E-state index contributed by atoms with van der Waals surface area (Å²) in [7, 11) is 0. The van der Waals surface area contributed by atoms with E-state index in [1.807, 2.05) is 13.0 Å². The minimum absolute atomic E-state index is 0.0590. The van der Waals surface area contributed by atoms with Crippen molar-refractivity contribution >= 4 is 11.6 Å². The van der Waals surface area contributed by atoms with Crippen LogP contribution in [0.4, 0.5) is 16.0 Å². The van der Waals surface area contributed by atoms with E-state index in [1.54, 1.807) is 18.2 Å². The van der Waals surface area contributed by atoms with Crippen molar-refractivity contribution in [3.8, 4) is 0 Å². The van der Waals surface area contributed by atoms with Crippen LogP contribution >= 0.6 is 0 Å². The molecule has 0 fully saturated rings. The van der Waals surface area contributed by atoms with E-state index in [4.69, 9.17) is 11.5 Å². The number of benzene rings is 1. The molecule has 1 aromatic carbocycles. The number of aromatic nitrogens is 1. The molecule has 17 heavy (non-hydrogen) atoms. The van der Waals surface area contributed by atoms with E-state index in [0.29, 0.717) is 11.6 Å². The summed E-state index contributed by atoms with van der Waals surface area (Å²) in [5.41, 5.74) is 13.3. The first-order valence-corrected chi connectivity index (χ1v) is 5.35. The Hall–Kier alpha value is -2.10. The normalized spacial score (nSPS) is 12.4. The van der Waals surface area contributed by atoms with E-state index in [1.165, 1.54) is 12.1 Å². The first kappa shape index (κ1) is 11.4. The molecule has 2 rings (SSSR count). The average molecular weight is 231 g/mol. The fraction of sp³-hybridized carbons (Fsp3) is 0.154. The number of pyridine rings is 1. The molecule has 0 aliphatic carbocycles. The third kappa shape index (κ3) is 2.36. The SMILES string of the molecule is CC(c1ccc(F)cc1)c1ccc(N)nc1N. The van der Waals surface area contributed by atoms with Crippen LogP contribution in [0.1, 0.15) is 24.0 Å². The van der Waals surface area contributed by atoms with Crippen LogP contribution in [-0.2, 0) is 0 Å². The molecule has 1 atom stereocenters. The summed E-state index contributed by atoms with van der Waals surface area (Å²) in [6.45, 7) is 2.00. The minimum Gasteiger partial charge on any atom is -0.384 e. The summed E-state index contributed by atoms with van der Waals surface area (Å²) in [5.74, 6) is 0.632. The number of nitrogen functional groups attached to an aromatic ring is 2. The molecular formula is C13H14FN3. The number of nitrogens with zero attached hydrogens (tertiary/aromatic N) is 1. The van der Waals surface area contributed by atoms with Crippen molar-refractivity contribution in [3.63, 3.8) is 0 Å². The van der Waals surface area contributed by atoms with Gasteiger partial charge in [0.25, 0.3) is 0 Å². The zero-order valence-electron chi connectivity index (χ0n) is 9.52. The highest BCUT2D eigenvalue weighted by atomic mass is 19.1. The fourth-order valence-electron chi connectivity index (χ4n) is 1.80. The molecule has 0 radical (unpaired) electrons. The lowest BCUT2D eigenvalue weighted by Gasteiger charge is -2.14. The Morgan fingerprint density at radius 1 is 1.06 bits per heavy atom. The quantitative estimate of drug-likeness (QED) is 0.834. The molecule has 4 heteroatoms. The molecule has 88 valence electrons. The Morgan fingerprint density at radius 2 is 1.71 bits per heavy atom. The third-order valence-corrected chi connectivity index (χ3v) is 2.82. The van der Waals surface area contributed by atoms with Gasteiger partial charge in [-0.25, -0.2) is 9.37 Å². The highest BCUT2D eigenvalue weighted by Gasteiger charge is 2.12. The van der Waals surface area contributed by atoms with Crippen molar-refractivity contribution in [1.29, 1.82) is 0 Å². The zero-order valence-corrected chi connectivity index (χ0v) is 9.52. The van der Waals surface area contributed by atoms with Gasteiger partial charge in [-0.3, -0.25) is 0 Å². The summed E-state index contributed by atoms with van der Waals surface area (Å²) in [4.78, 5) is 4.02. The number of nitrogens with two attached hydrogens (primary N) is 2. The van der Waals surface area contributed by atoms with Gasteiger partial charge >= 0.3 is 0 Å². The molecule has 0 aliphatic rings. The van der Waals surface area contributed by atoms with Gasteiger partial charge < -0.3 is 11.5 Å². The molecule has 1 unspecified atom stereocenters. The van der Waals surface area contributed by atoms with Crippen LogP contribution < -0.4 is 11.5 Å². The highest BCUT2D eigenvalue weighted by molar-refractivity contribution is 5.50. The maximum Gasteiger partial charge on any atom is 0.129 e. The van der Waals surface area contributed by atoms with Crippen molar-refractivity contribution in [3.05, 3.63) is 53.3 Å². The summed E-state index contributed by atoms with van der Waals surface area (Å²) in [6.07, 6.45) is 0. The van der Waals surface area contributed by atoms with Crippen molar-refractivity contribution in [1.82, 2.24) is 4.98 Å². The van der Waals surface area contributed by atoms with E-state index in [9.17, 15) is 4.39 Å². The van der Waals surface area contributed by atoms with Gasteiger partial charge in [0.2, 0.25) is 0 Å². The van der Waals surface area contributed by atoms with Crippen LogP contribution in [0.3, 0.4) is 0 Å². The summed E-state index contributed by atoms with van der Waals surface area (Å²) in [6, 6.07) is 9.93. The monoisotopic (exact) mass is 231 g/mol. The number of hydrogen-bond acceptors (Lipinski definition) is 3. The molecule has 3 nitrogen and oxygen atoms in total. The van der Waals surface area contributed by atoms with Gasteiger partial charge in [0.05, 0.1) is 0 Å². The van der Waals surface area contributed by atoms with Gasteiger partial charge in [0.1, 0.15) is 17.5 Å². The van der Waals surface area contributed by atoms with E-state index in [0.717, 1.165) is 11.1 Å². The molecule has 0 saturated heterocycles. The Morgan fingerprint density at radius 3 is 2.29 bits per heavy atom. The van der Waals surface area contributed by atoms with Gasteiger partial charge in [-0.2, -0.15) is 0 Å². The molecule has 0 bridgehead atoms. The number of hydrogen-bond donors (Lipinski definition) is 2. The molecule has 4 N–H and O–H groups in total. The van der Waals surface area contributed by atoms with E-state index in [2.05, 4.69) is 4.98 Å². The van der Waals surface area contributed by atoms with E-state index < -0.39 is 0 Å². The molecule has 0 amide bonds. The predicted octanol–water partition coefficient (Wildman–Crippen LogP) is 2.54. The molecule has 0 aliphatic heterocycles. The van der Waals surface area contributed by atoms with Gasteiger partial charge in [0.15, 0.2) is 0 Å². The van der Waals surface area contributed by atoms with Crippen LogP contribution in [0, 0.1) is 5.82 Å². The highest BCUT2D eigenvalue weighted by Crippen LogP contribution is 2.28. The Kier molecular flexibility index (Phi) is 2.95. The first-order chi connectivity index (χ1) is 8.08. The molecular weight excluding hydrogens is 217 g/mol. The van der Waals surface area contributed by atoms with Crippen LogP contribution in [0.5, 0.6) is 0 Å². The van der Waals surface area contributed by atoms with Gasteiger partial charge in [-0.05, 0) is 23.8 Å². The summed E-state index contributed by atoms with van der Waals surface area (Å²) >= 11 is 0. The number of rotatable bonds is 2. The standard InChI is InChI=1S/C13H14FN3/c1-8(9-2-4-10(14)5-3-9)11-6-7-12(15)17-13(11)16/h2-8H,1H3,(H4,15,16,17). The van der Waals surface area contributed by atoms with E-state index in [-0.39, 0.29) is 11.7 Å². The Bertz CT molecular complexity index is 523. The molecule has 1 aromatic heterocycles. The smallest absolute Gasteiger partial charge is 0.129 e. The van der Waals surface area contributed by atoms with Gasteiger partial charge in [-0.1, -0.05) is 25.1 Å². The van der Waals surface area contributed by atoms with Gasteiger partial charge in [0, 0.05) is 11.5 Å². The van der Waals surface area contributed by atoms with Crippen molar-refractivity contribution in [2.75, 3.05) is 11.5 Å². The van der Waals surface area contributed by atoms with Crippen molar-refractivity contribution in [2.45, 2.75) is 12.8 Å². The largest absolute Gasteiger partial charge is 0.384 e. The van der Waals surface area contributed by atoms with Crippen LogP contribution in [0.25, 0.3) is 0 Å². The van der Waals surface area contributed by atoms with Crippen LogP contribution in [0.2, 0.25) is 0 Å². The lowest BCUT2D eigenvalue weighted by Crippen LogP contribution is -2.05. The fourth-order valence-corrected chi connectivity index (χ4v) is 1.80. The van der Waals surface area contributed by atoms with Gasteiger partial charge in [-0.15, -0.1) is 0 Å².